The molecule has 132 valence electrons. The fourth-order valence-electron chi connectivity index (χ4n) is 3.70. The molecular weight excluding hydrogens is 306 g/mol. The van der Waals surface area contributed by atoms with Crippen LogP contribution in [0.2, 0.25) is 0 Å². The second-order valence-corrected chi connectivity index (χ2v) is 6.87. The van der Waals surface area contributed by atoms with Crippen LogP contribution >= 0.6 is 0 Å². The number of carbonyl (C=O) groups is 2. The Morgan fingerprint density at radius 2 is 2.17 bits per heavy atom. The van der Waals surface area contributed by atoms with Gasteiger partial charge >= 0.3 is 0 Å². The van der Waals surface area contributed by atoms with Crippen LogP contribution in [0.4, 0.5) is 0 Å². The molecule has 7 heteroatoms. The van der Waals surface area contributed by atoms with Gasteiger partial charge in [0.25, 0.3) is 0 Å². The van der Waals surface area contributed by atoms with Gasteiger partial charge in [-0.25, -0.2) is 0 Å². The first-order chi connectivity index (χ1) is 11.5. The van der Waals surface area contributed by atoms with E-state index < -0.39 is 0 Å². The smallest absolute Gasteiger partial charge is 0.239 e. The Morgan fingerprint density at radius 1 is 1.42 bits per heavy atom. The Morgan fingerprint density at radius 3 is 2.79 bits per heavy atom. The van der Waals surface area contributed by atoms with E-state index in [4.69, 9.17) is 0 Å². The quantitative estimate of drug-likeness (QED) is 0.829. The fourth-order valence-corrected chi connectivity index (χ4v) is 3.70. The lowest BCUT2D eigenvalue weighted by molar-refractivity contribution is -0.142. The van der Waals surface area contributed by atoms with E-state index in [1.54, 1.807) is 4.68 Å². The average Bonchev–Trinajstić information content (AvgIpc) is 2.81. The molecule has 2 saturated heterocycles. The van der Waals surface area contributed by atoms with Crippen molar-refractivity contribution in [2.75, 3.05) is 26.2 Å². The van der Waals surface area contributed by atoms with Crippen molar-refractivity contribution in [2.24, 2.45) is 7.05 Å². The van der Waals surface area contributed by atoms with Crippen molar-refractivity contribution >= 4 is 11.8 Å². The van der Waals surface area contributed by atoms with Gasteiger partial charge in [-0.15, -0.1) is 0 Å². The van der Waals surface area contributed by atoms with Crippen molar-refractivity contribution in [1.29, 1.82) is 0 Å². The van der Waals surface area contributed by atoms with Crippen LogP contribution in [0.15, 0.2) is 6.07 Å². The van der Waals surface area contributed by atoms with Crippen LogP contribution in [0, 0.1) is 6.92 Å². The number of likely N-dealkylation sites (N-methyl/N-ethyl adjacent to an activating group) is 1. The number of hydrogen-bond donors (Lipinski definition) is 1. The Bertz CT molecular complexity index is 620. The monoisotopic (exact) mass is 333 g/mol. The number of likely N-dealkylation sites (tertiary alicyclic amines) is 2. The Hall–Kier alpha value is -1.89. The molecule has 7 nitrogen and oxygen atoms in total. The van der Waals surface area contributed by atoms with Gasteiger partial charge in [-0.2, -0.15) is 5.10 Å². The van der Waals surface area contributed by atoms with E-state index in [-0.39, 0.29) is 23.9 Å². The number of hydrogen-bond acceptors (Lipinski definition) is 4. The second-order valence-electron chi connectivity index (χ2n) is 6.87. The largest absolute Gasteiger partial charge is 0.350 e. The normalized spacial score (nSPS) is 22.5. The molecule has 1 aromatic heterocycles. The predicted octanol–water partition coefficient (Wildman–Crippen LogP) is 0.0823. The first-order valence-corrected chi connectivity index (χ1v) is 8.79. The Balaban J connectivity index is 1.46. The van der Waals surface area contributed by atoms with Crippen molar-refractivity contribution < 1.29 is 9.59 Å². The molecule has 0 bridgehead atoms. The lowest BCUT2D eigenvalue weighted by atomic mass is 9.97. The zero-order chi connectivity index (χ0) is 17.3. The fraction of sp³-hybridized carbons (Fsp3) is 0.706. The van der Waals surface area contributed by atoms with Gasteiger partial charge in [-0.05, 0) is 32.8 Å². The molecule has 0 aromatic carbocycles. The summed E-state index contributed by atoms with van der Waals surface area (Å²) in [6.45, 7) is 7.15. The molecule has 2 amide bonds. The minimum absolute atomic E-state index is 0.00609. The zero-order valence-electron chi connectivity index (χ0n) is 14.8. The van der Waals surface area contributed by atoms with Crippen LogP contribution in [-0.2, 0) is 23.1 Å². The minimum Gasteiger partial charge on any atom is -0.350 e. The van der Waals surface area contributed by atoms with Crippen LogP contribution in [-0.4, -0.2) is 69.7 Å². The number of carbonyl (C=O) groups excluding carboxylic acids is 2. The first kappa shape index (κ1) is 17.0. The lowest BCUT2D eigenvalue weighted by Gasteiger charge is -2.46. The highest BCUT2D eigenvalue weighted by Gasteiger charge is 2.39. The summed E-state index contributed by atoms with van der Waals surface area (Å²) in [5.74, 6) is 0.270. The molecule has 0 radical (unpaired) electrons. The minimum atomic E-state index is 0.00609. The molecular formula is C17H27N5O2. The number of nitrogens with one attached hydrogen (secondary N) is 1. The number of aryl methyl sites for hydroxylation is 2. The maximum absolute atomic E-state index is 12.4. The second kappa shape index (κ2) is 6.93. The summed E-state index contributed by atoms with van der Waals surface area (Å²) in [6.07, 6.45) is 2.35. The standard InChI is InChI=1S/C17H27N5O2/c1-4-21-7-5-6-15(17(21)24)22-10-13(11-22)18-16(23)9-14-8-12(2)19-20(14)3/h8,13,15H,4-7,9-11H2,1-3H3,(H,18,23). The van der Waals surface area contributed by atoms with Gasteiger partial charge in [0, 0.05) is 38.9 Å². The number of rotatable bonds is 5. The van der Waals surface area contributed by atoms with Crippen LogP contribution in [0.5, 0.6) is 0 Å². The highest BCUT2D eigenvalue weighted by molar-refractivity contribution is 5.83. The molecule has 2 fully saturated rings. The topological polar surface area (TPSA) is 70.5 Å². The van der Waals surface area contributed by atoms with E-state index in [9.17, 15) is 9.59 Å². The third-order valence-corrected chi connectivity index (χ3v) is 5.04. The summed E-state index contributed by atoms with van der Waals surface area (Å²) in [7, 11) is 1.86. The lowest BCUT2D eigenvalue weighted by Crippen LogP contribution is -2.66. The Kier molecular flexibility index (Phi) is 4.89. The summed E-state index contributed by atoms with van der Waals surface area (Å²) in [5, 5.41) is 7.32. The van der Waals surface area contributed by atoms with Crippen LogP contribution in [0.3, 0.4) is 0 Å². The van der Waals surface area contributed by atoms with Crippen molar-refractivity contribution in [3.8, 4) is 0 Å². The first-order valence-electron chi connectivity index (χ1n) is 8.79. The van der Waals surface area contributed by atoms with Gasteiger partial charge in [0.05, 0.1) is 24.2 Å². The number of amides is 2. The van der Waals surface area contributed by atoms with E-state index in [0.29, 0.717) is 6.42 Å². The molecule has 24 heavy (non-hydrogen) atoms. The molecule has 3 rings (SSSR count). The molecule has 0 aliphatic carbocycles. The van der Waals surface area contributed by atoms with E-state index >= 15 is 0 Å². The third kappa shape index (κ3) is 3.45. The number of piperidine rings is 1. The average molecular weight is 333 g/mol. The molecule has 2 aliphatic rings. The molecule has 2 aliphatic heterocycles. The zero-order valence-corrected chi connectivity index (χ0v) is 14.8. The van der Waals surface area contributed by atoms with Crippen LogP contribution in [0.1, 0.15) is 31.2 Å². The van der Waals surface area contributed by atoms with Crippen molar-refractivity contribution in [2.45, 2.75) is 45.2 Å². The Labute approximate surface area is 143 Å². The summed E-state index contributed by atoms with van der Waals surface area (Å²) in [6, 6.07) is 2.09. The molecule has 1 unspecified atom stereocenters. The van der Waals surface area contributed by atoms with Gasteiger partial charge in [0.2, 0.25) is 11.8 Å². The van der Waals surface area contributed by atoms with E-state index in [1.165, 1.54) is 0 Å². The molecule has 3 heterocycles. The van der Waals surface area contributed by atoms with Crippen molar-refractivity contribution in [3.05, 3.63) is 17.5 Å². The highest BCUT2D eigenvalue weighted by atomic mass is 16.2. The van der Waals surface area contributed by atoms with E-state index in [1.807, 2.05) is 31.9 Å². The number of aromatic nitrogens is 2. The molecule has 1 aromatic rings. The summed E-state index contributed by atoms with van der Waals surface area (Å²) >= 11 is 0. The summed E-state index contributed by atoms with van der Waals surface area (Å²) in [4.78, 5) is 28.7. The van der Waals surface area contributed by atoms with Crippen LogP contribution in [0.25, 0.3) is 0 Å². The van der Waals surface area contributed by atoms with Gasteiger partial charge in [0.1, 0.15) is 0 Å². The van der Waals surface area contributed by atoms with Gasteiger partial charge < -0.3 is 10.2 Å². The van der Waals surface area contributed by atoms with E-state index in [0.717, 1.165) is 50.4 Å². The summed E-state index contributed by atoms with van der Waals surface area (Å²) < 4.78 is 1.75. The highest BCUT2D eigenvalue weighted by Crippen LogP contribution is 2.22. The van der Waals surface area contributed by atoms with Crippen molar-refractivity contribution in [1.82, 2.24) is 24.9 Å². The van der Waals surface area contributed by atoms with Gasteiger partial charge in [-0.1, -0.05) is 0 Å². The maximum Gasteiger partial charge on any atom is 0.239 e. The third-order valence-electron chi connectivity index (χ3n) is 5.04. The molecule has 0 spiro atoms. The van der Waals surface area contributed by atoms with E-state index in [2.05, 4.69) is 15.3 Å². The predicted molar refractivity (Wildman–Crippen MR) is 90.4 cm³/mol. The molecule has 0 saturated carbocycles. The number of nitrogens with zero attached hydrogens (tertiary/aromatic N) is 4. The summed E-state index contributed by atoms with van der Waals surface area (Å²) in [5.41, 5.74) is 1.84. The van der Waals surface area contributed by atoms with Crippen molar-refractivity contribution in [3.63, 3.8) is 0 Å². The van der Waals surface area contributed by atoms with Crippen LogP contribution < -0.4 is 5.32 Å². The maximum atomic E-state index is 12.4. The SMILES string of the molecule is CCN1CCCC(N2CC(NC(=O)Cc3cc(C)nn3C)C2)C1=O. The van der Waals surface area contributed by atoms with Gasteiger partial charge in [0.15, 0.2) is 0 Å². The van der Waals surface area contributed by atoms with Gasteiger partial charge in [-0.3, -0.25) is 19.2 Å². The molecule has 1 atom stereocenters. The molecule has 1 N–H and O–H groups in total.